The van der Waals surface area contributed by atoms with Crippen LogP contribution in [0.1, 0.15) is 22.7 Å². The van der Waals surface area contributed by atoms with Gasteiger partial charge in [0.1, 0.15) is 5.82 Å². The average Bonchev–Trinajstić information content (AvgIpc) is 2.38. The number of nitrogens with one attached hydrogen (secondary N) is 1. The third kappa shape index (κ3) is 2.96. The van der Waals surface area contributed by atoms with Crippen LogP contribution in [-0.2, 0) is 0 Å². The van der Waals surface area contributed by atoms with E-state index >= 15 is 0 Å². The van der Waals surface area contributed by atoms with Gasteiger partial charge in [-0.3, -0.25) is 0 Å². The SMILES string of the molecule is CNC(c1cc(C)cc(F)c1)c1ccc(OC)c(F)c1. The first kappa shape index (κ1) is 14.5. The minimum Gasteiger partial charge on any atom is -0.494 e. The molecule has 0 saturated heterocycles. The lowest BCUT2D eigenvalue weighted by atomic mass is 9.97. The van der Waals surface area contributed by atoms with E-state index < -0.39 is 5.82 Å². The van der Waals surface area contributed by atoms with Crippen molar-refractivity contribution in [1.29, 1.82) is 0 Å². The van der Waals surface area contributed by atoms with Gasteiger partial charge in [0.25, 0.3) is 0 Å². The highest BCUT2D eigenvalue weighted by Crippen LogP contribution is 2.27. The molecule has 1 N–H and O–H groups in total. The van der Waals surface area contributed by atoms with Crippen molar-refractivity contribution in [3.8, 4) is 5.75 Å². The van der Waals surface area contributed by atoms with E-state index in [4.69, 9.17) is 4.74 Å². The fraction of sp³-hybridized carbons (Fsp3) is 0.250. The second-order valence-electron chi connectivity index (χ2n) is 4.68. The van der Waals surface area contributed by atoms with Crippen LogP contribution in [-0.4, -0.2) is 14.2 Å². The molecule has 1 atom stereocenters. The maximum Gasteiger partial charge on any atom is 0.165 e. The van der Waals surface area contributed by atoms with Crippen molar-refractivity contribution >= 4 is 0 Å². The van der Waals surface area contributed by atoms with E-state index in [-0.39, 0.29) is 17.6 Å². The molecule has 0 saturated carbocycles. The van der Waals surface area contributed by atoms with Gasteiger partial charge in [-0.05, 0) is 54.9 Å². The molecular formula is C16H17F2NO. The molecule has 2 rings (SSSR count). The Hall–Kier alpha value is -1.94. The fourth-order valence-corrected chi connectivity index (χ4v) is 2.32. The van der Waals surface area contributed by atoms with Gasteiger partial charge < -0.3 is 10.1 Å². The maximum atomic E-state index is 13.8. The van der Waals surface area contributed by atoms with Crippen molar-refractivity contribution in [3.05, 3.63) is 64.7 Å². The number of aryl methyl sites for hydroxylation is 1. The van der Waals surface area contributed by atoms with Gasteiger partial charge in [0.15, 0.2) is 11.6 Å². The number of hydrogen-bond donors (Lipinski definition) is 1. The molecule has 0 aliphatic rings. The van der Waals surface area contributed by atoms with Crippen LogP contribution < -0.4 is 10.1 Å². The minimum atomic E-state index is -0.432. The Balaban J connectivity index is 2.44. The van der Waals surface area contributed by atoms with Crippen LogP contribution >= 0.6 is 0 Å². The van der Waals surface area contributed by atoms with Gasteiger partial charge in [-0.25, -0.2) is 8.78 Å². The van der Waals surface area contributed by atoms with E-state index in [2.05, 4.69) is 5.32 Å². The molecule has 0 aromatic heterocycles. The van der Waals surface area contributed by atoms with Crippen molar-refractivity contribution in [2.75, 3.05) is 14.2 Å². The zero-order valence-corrected chi connectivity index (χ0v) is 11.7. The molecule has 0 amide bonds. The molecule has 106 valence electrons. The number of hydrogen-bond acceptors (Lipinski definition) is 2. The quantitative estimate of drug-likeness (QED) is 0.922. The molecule has 0 fully saturated rings. The van der Waals surface area contributed by atoms with Gasteiger partial charge in [-0.15, -0.1) is 0 Å². The van der Waals surface area contributed by atoms with Crippen molar-refractivity contribution in [2.24, 2.45) is 0 Å². The summed E-state index contributed by atoms with van der Waals surface area (Å²) in [6.45, 7) is 1.83. The third-order valence-electron chi connectivity index (χ3n) is 3.20. The Labute approximate surface area is 117 Å². The van der Waals surface area contributed by atoms with E-state index in [1.165, 1.54) is 25.3 Å². The minimum absolute atomic E-state index is 0.194. The standard InChI is InChI=1S/C16H17F2NO/c1-10-6-12(8-13(17)7-10)16(19-2)11-4-5-15(20-3)14(18)9-11/h4-9,16,19H,1-3H3. The molecule has 0 spiro atoms. The first-order chi connectivity index (χ1) is 9.55. The molecule has 0 aliphatic carbocycles. The molecular weight excluding hydrogens is 260 g/mol. The summed E-state index contributed by atoms with van der Waals surface area (Å²) in [7, 11) is 3.18. The van der Waals surface area contributed by atoms with E-state index in [1.807, 2.05) is 13.0 Å². The lowest BCUT2D eigenvalue weighted by Gasteiger charge is -2.18. The van der Waals surface area contributed by atoms with Gasteiger partial charge in [0.05, 0.1) is 13.2 Å². The highest BCUT2D eigenvalue weighted by atomic mass is 19.1. The third-order valence-corrected chi connectivity index (χ3v) is 3.20. The van der Waals surface area contributed by atoms with Crippen LogP contribution in [0.5, 0.6) is 5.75 Å². The number of methoxy groups -OCH3 is 1. The number of rotatable bonds is 4. The summed E-state index contributed by atoms with van der Waals surface area (Å²) < 4.78 is 32.2. The molecule has 1 unspecified atom stereocenters. The number of halogens is 2. The molecule has 20 heavy (non-hydrogen) atoms. The van der Waals surface area contributed by atoms with Crippen LogP contribution in [0.4, 0.5) is 8.78 Å². The first-order valence-corrected chi connectivity index (χ1v) is 6.33. The van der Waals surface area contributed by atoms with Gasteiger partial charge in [-0.2, -0.15) is 0 Å². The van der Waals surface area contributed by atoms with Crippen LogP contribution in [0.25, 0.3) is 0 Å². The maximum absolute atomic E-state index is 13.8. The van der Waals surface area contributed by atoms with Crippen LogP contribution in [0, 0.1) is 18.6 Å². The van der Waals surface area contributed by atoms with Gasteiger partial charge in [-0.1, -0.05) is 12.1 Å². The van der Waals surface area contributed by atoms with Crippen LogP contribution in [0.2, 0.25) is 0 Å². The normalized spacial score (nSPS) is 12.2. The van der Waals surface area contributed by atoms with Crippen molar-refractivity contribution in [1.82, 2.24) is 5.32 Å². The molecule has 2 aromatic carbocycles. The molecule has 2 nitrogen and oxygen atoms in total. The molecule has 0 aliphatic heterocycles. The summed E-state index contributed by atoms with van der Waals surface area (Å²) in [6.07, 6.45) is 0. The Morgan fingerprint density at radius 3 is 2.35 bits per heavy atom. The van der Waals surface area contributed by atoms with Crippen molar-refractivity contribution < 1.29 is 13.5 Å². The molecule has 2 aromatic rings. The van der Waals surface area contributed by atoms with Gasteiger partial charge in [0.2, 0.25) is 0 Å². The molecule has 0 heterocycles. The monoisotopic (exact) mass is 277 g/mol. The Morgan fingerprint density at radius 2 is 1.80 bits per heavy atom. The zero-order chi connectivity index (χ0) is 14.7. The lowest BCUT2D eigenvalue weighted by Crippen LogP contribution is -2.18. The Bertz CT molecular complexity index is 593. The summed E-state index contributed by atoms with van der Waals surface area (Å²) in [5, 5.41) is 3.08. The smallest absolute Gasteiger partial charge is 0.165 e. The van der Waals surface area contributed by atoms with E-state index in [9.17, 15) is 8.78 Å². The summed E-state index contributed by atoms with van der Waals surface area (Å²) in [5.41, 5.74) is 2.31. The summed E-state index contributed by atoms with van der Waals surface area (Å²) >= 11 is 0. The van der Waals surface area contributed by atoms with Gasteiger partial charge in [0, 0.05) is 0 Å². The first-order valence-electron chi connectivity index (χ1n) is 6.33. The largest absolute Gasteiger partial charge is 0.494 e. The van der Waals surface area contributed by atoms with E-state index in [1.54, 1.807) is 19.2 Å². The lowest BCUT2D eigenvalue weighted by molar-refractivity contribution is 0.386. The second-order valence-corrected chi connectivity index (χ2v) is 4.68. The predicted octanol–water partition coefficient (Wildman–Crippen LogP) is 3.59. The topological polar surface area (TPSA) is 21.3 Å². The van der Waals surface area contributed by atoms with Crippen LogP contribution in [0.15, 0.2) is 36.4 Å². The predicted molar refractivity (Wildman–Crippen MR) is 75.0 cm³/mol. The molecule has 0 radical (unpaired) electrons. The average molecular weight is 277 g/mol. The Kier molecular flexibility index (Phi) is 4.35. The van der Waals surface area contributed by atoms with Crippen molar-refractivity contribution in [3.63, 3.8) is 0 Å². The summed E-state index contributed by atoms with van der Waals surface area (Å²) in [5.74, 6) is -0.536. The second kappa shape index (κ2) is 6.01. The fourth-order valence-electron chi connectivity index (χ4n) is 2.32. The summed E-state index contributed by atoms with van der Waals surface area (Å²) in [6, 6.07) is 9.27. The Morgan fingerprint density at radius 1 is 1.05 bits per heavy atom. The van der Waals surface area contributed by atoms with Crippen LogP contribution in [0.3, 0.4) is 0 Å². The zero-order valence-electron chi connectivity index (χ0n) is 11.7. The number of ether oxygens (including phenoxy) is 1. The highest BCUT2D eigenvalue weighted by Gasteiger charge is 2.15. The highest BCUT2D eigenvalue weighted by molar-refractivity contribution is 5.38. The molecule has 4 heteroatoms. The van der Waals surface area contributed by atoms with E-state index in [0.717, 1.165) is 16.7 Å². The molecule has 0 bridgehead atoms. The number of benzene rings is 2. The summed E-state index contributed by atoms with van der Waals surface area (Å²) in [4.78, 5) is 0. The van der Waals surface area contributed by atoms with Gasteiger partial charge >= 0.3 is 0 Å². The van der Waals surface area contributed by atoms with E-state index in [0.29, 0.717) is 0 Å². The van der Waals surface area contributed by atoms with Crippen molar-refractivity contribution in [2.45, 2.75) is 13.0 Å².